The van der Waals surface area contributed by atoms with Crippen LogP contribution in [0.25, 0.3) is 10.8 Å². The minimum atomic E-state index is -0.00390. The molecule has 2 aromatic rings. The lowest BCUT2D eigenvalue weighted by Crippen LogP contribution is -2.55. The number of hydrogen-bond donors (Lipinski definition) is 1. The number of piperazine rings is 2. The fourth-order valence-electron chi connectivity index (χ4n) is 4.49. The lowest BCUT2D eigenvalue weighted by Gasteiger charge is -2.38. The molecule has 0 radical (unpaired) electrons. The molecule has 7 heteroatoms. The van der Waals surface area contributed by atoms with Crippen molar-refractivity contribution in [3.8, 4) is 0 Å². The van der Waals surface area contributed by atoms with Crippen molar-refractivity contribution in [3.05, 3.63) is 48.0 Å². The Labute approximate surface area is 184 Å². The summed E-state index contributed by atoms with van der Waals surface area (Å²) < 4.78 is 0. The number of nitrogens with zero attached hydrogens (tertiary/aromatic N) is 4. The molecule has 3 amide bonds. The molecule has 7 nitrogen and oxygen atoms in total. The van der Waals surface area contributed by atoms with Gasteiger partial charge in [-0.2, -0.15) is 0 Å². The van der Waals surface area contributed by atoms with E-state index in [0.717, 1.165) is 45.8 Å². The standard InChI is InChI=1S/C24H33N5O2/c1-2-25-24(31)29-16-12-27(13-17-29)19-23(30)28-14-10-26(11-15-28)18-21-8-5-7-20-6-3-4-9-22(20)21/h3-9H,2,10-19H2,1H3,(H,25,31). The molecule has 2 aliphatic rings. The van der Waals surface area contributed by atoms with E-state index in [1.54, 1.807) is 0 Å². The van der Waals surface area contributed by atoms with E-state index in [1.165, 1.54) is 16.3 Å². The molecule has 4 rings (SSSR count). The van der Waals surface area contributed by atoms with E-state index >= 15 is 0 Å². The largest absolute Gasteiger partial charge is 0.339 e. The number of amides is 3. The minimum Gasteiger partial charge on any atom is -0.339 e. The van der Waals surface area contributed by atoms with Crippen LogP contribution < -0.4 is 5.32 Å². The smallest absolute Gasteiger partial charge is 0.317 e. The summed E-state index contributed by atoms with van der Waals surface area (Å²) in [5, 5.41) is 5.44. The second kappa shape index (κ2) is 10.1. The molecule has 2 fully saturated rings. The van der Waals surface area contributed by atoms with Gasteiger partial charge in [0, 0.05) is 65.4 Å². The van der Waals surface area contributed by atoms with Gasteiger partial charge in [-0.05, 0) is 23.3 Å². The van der Waals surface area contributed by atoms with E-state index in [-0.39, 0.29) is 11.9 Å². The molecule has 0 spiro atoms. The number of carbonyl (C=O) groups excluding carboxylic acids is 2. The van der Waals surface area contributed by atoms with Crippen LogP contribution >= 0.6 is 0 Å². The van der Waals surface area contributed by atoms with Crippen LogP contribution in [0.15, 0.2) is 42.5 Å². The molecular weight excluding hydrogens is 390 g/mol. The quantitative estimate of drug-likeness (QED) is 0.797. The number of hydrogen-bond acceptors (Lipinski definition) is 4. The summed E-state index contributed by atoms with van der Waals surface area (Å²) in [6.45, 7) is 10.2. The van der Waals surface area contributed by atoms with Gasteiger partial charge < -0.3 is 15.1 Å². The summed E-state index contributed by atoms with van der Waals surface area (Å²) in [4.78, 5) is 33.2. The first-order valence-corrected chi connectivity index (χ1v) is 11.4. The predicted molar refractivity (Wildman–Crippen MR) is 123 cm³/mol. The maximum Gasteiger partial charge on any atom is 0.317 e. The van der Waals surface area contributed by atoms with Gasteiger partial charge in [0.1, 0.15) is 0 Å². The Morgan fingerprint density at radius 3 is 2.19 bits per heavy atom. The van der Waals surface area contributed by atoms with Gasteiger partial charge in [0.2, 0.25) is 5.91 Å². The molecule has 0 aromatic heterocycles. The van der Waals surface area contributed by atoms with Crippen molar-refractivity contribution < 1.29 is 9.59 Å². The summed E-state index contributed by atoms with van der Waals surface area (Å²) in [5.74, 6) is 0.205. The number of benzene rings is 2. The first-order chi connectivity index (χ1) is 15.1. The molecule has 0 bridgehead atoms. The first-order valence-electron chi connectivity index (χ1n) is 11.4. The van der Waals surface area contributed by atoms with Crippen molar-refractivity contribution in [2.75, 3.05) is 65.4 Å². The Bertz CT molecular complexity index is 896. The van der Waals surface area contributed by atoms with E-state index in [9.17, 15) is 9.59 Å². The Hall–Kier alpha value is -2.64. The summed E-state index contributed by atoms with van der Waals surface area (Å²) in [7, 11) is 0. The van der Waals surface area contributed by atoms with Gasteiger partial charge >= 0.3 is 6.03 Å². The fraction of sp³-hybridized carbons (Fsp3) is 0.500. The molecule has 2 heterocycles. The van der Waals surface area contributed by atoms with Crippen molar-refractivity contribution in [1.29, 1.82) is 0 Å². The summed E-state index contributed by atoms with van der Waals surface area (Å²) >= 11 is 0. The van der Waals surface area contributed by atoms with Crippen LogP contribution in [0.4, 0.5) is 4.79 Å². The lowest BCUT2D eigenvalue weighted by molar-refractivity contribution is -0.134. The summed E-state index contributed by atoms with van der Waals surface area (Å²) in [6.07, 6.45) is 0. The third-order valence-electron chi connectivity index (χ3n) is 6.35. The van der Waals surface area contributed by atoms with Crippen LogP contribution in [0.3, 0.4) is 0 Å². The van der Waals surface area contributed by atoms with Gasteiger partial charge in [0.25, 0.3) is 0 Å². The van der Waals surface area contributed by atoms with Crippen LogP contribution in [-0.2, 0) is 11.3 Å². The van der Waals surface area contributed by atoms with Crippen LogP contribution in [-0.4, -0.2) is 97.0 Å². The maximum absolute atomic E-state index is 12.8. The van der Waals surface area contributed by atoms with Gasteiger partial charge in [-0.3, -0.25) is 14.6 Å². The molecule has 2 saturated heterocycles. The Morgan fingerprint density at radius 2 is 1.45 bits per heavy atom. The average Bonchev–Trinajstić information content (AvgIpc) is 2.80. The van der Waals surface area contributed by atoms with Crippen LogP contribution in [0, 0.1) is 0 Å². The number of nitrogens with one attached hydrogen (secondary N) is 1. The highest BCUT2D eigenvalue weighted by atomic mass is 16.2. The minimum absolute atomic E-state index is 0.00390. The fourth-order valence-corrected chi connectivity index (χ4v) is 4.49. The second-order valence-electron chi connectivity index (χ2n) is 8.39. The Morgan fingerprint density at radius 1 is 0.806 bits per heavy atom. The SMILES string of the molecule is CCNC(=O)N1CCN(CC(=O)N2CCN(Cc3cccc4ccccc34)CC2)CC1. The molecule has 2 aromatic carbocycles. The second-order valence-corrected chi connectivity index (χ2v) is 8.39. The van der Waals surface area contributed by atoms with Crippen molar-refractivity contribution >= 4 is 22.7 Å². The van der Waals surface area contributed by atoms with Gasteiger partial charge in [0.15, 0.2) is 0 Å². The topological polar surface area (TPSA) is 59.1 Å². The predicted octanol–water partition coefficient (Wildman–Crippen LogP) is 1.83. The number of urea groups is 1. The van der Waals surface area contributed by atoms with Crippen molar-refractivity contribution in [2.24, 2.45) is 0 Å². The molecular formula is C24H33N5O2. The van der Waals surface area contributed by atoms with Gasteiger partial charge in [0.05, 0.1) is 6.54 Å². The summed E-state index contributed by atoms with van der Waals surface area (Å²) in [6, 6.07) is 15.0. The monoisotopic (exact) mass is 423 g/mol. The highest BCUT2D eigenvalue weighted by Gasteiger charge is 2.26. The van der Waals surface area contributed by atoms with Gasteiger partial charge in [-0.1, -0.05) is 42.5 Å². The first kappa shape index (κ1) is 21.6. The van der Waals surface area contributed by atoms with E-state index in [2.05, 4.69) is 57.6 Å². The molecule has 31 heavy (non-hydrogen) atoms. The molecule has 0 atom stereocenters. The zero-order chi connectivity index (χ0) is 21.6. The van der Waals surface area contributed by atoms with Crippen LogP contribution in [0.1, 0.15) is 12.5 Å². The third kappa shape index (κ3) is 5.35. The lowest BCUT2D eigenvalue weighted by atomic mass is 10.0. The van der Waals surface area contributed by atoms with E-state index in [4.69, 9.17) is 0 Å². The van der Waals surface area contributed by atoms with Crippen molar-refractivity contribution in [1.82, 2.24) is 24.9 Å². The molecule has 166 valence electrons. The normalized spacial score (nSPS) is 18.4. The molecule has 0 aliphatic carbocycles. The molecule has 1 N–H and O–H groups in total. The van der Waals surface area contributed by atoms with E-state index < -0.39 is 0 Å². The number of carbonyl (C=O) groups is 2. The summed E-state index contributed by atoms with van der Waals surface area (Å²) in [5.41, 5.74) is 1.35. The van der Waals surface area contributed by atoms with E-state index in [1.807, 2.05) is 16.7 Å². The zero-order valence-corrected chi connectivity index (χ0v) is 18.4. The highest BCUT2D eigenvalue weighted by molar-refractivity contribution is 5.85. The van der Waals surface area contributed by atoms with E-state index in [0.29, 0.717) is 26.2 Å². The number of fused-ring (bicyclic) bond motifs is 1. The van der Waals surface area contributed by atoms with Crippen LogP contribution in [0.2, 0.25) is 0 Å². The highest BCUT2D eigenvalue weighted by Crippen LogP contribution is 2.20. The Kier molecular flexibility index (Phi) is 7.04. The van der Waals surface area contributed by atoms with Crippen molar-refractivity contribution in [3.63, 3.8) is 0 Å². The average molecular weight is 424 g/mol. The molecule has 0 unspecified atom stereocenters. The molecule has 0 saturated carbocycles. The van der Waals surface area contributed by atoms with Crippen LogP contribution in [0.5, 0.6) is 0 Å². The Balaban J connectivity index is 1.23. The van der Waals surface area contributed by atoms with Gasteiger partial charge in [-0.15, -0.1) is 0 Å². The molecule has 2 aliphatic heterocycles. The number of rotatable bonds is 5. The third-order valence-corrected chi connectivity index (χ3v) is 6.35. The van der Waals surface area contributed by atoms with Crippen molar-refractivity contribution in [2.45, 2.75) is 13.5 Å². The zero-order valence-electron chi connectivity index (χ0n) is 18.4. The van der Waals surface area contributed by atoms with Gasteiger partial charge in [-0.25, -0.2) is 4.79 Å². The maximum atomic E-state index is 12.8.